The Bertz CT molecular complexity index is 1680. The number of hydrogen-bond acceptors (Lipinski definition) is 8. The van der Waals surface area contributed by atoms with Gasteiger partial charge in [0.1, 0.15) is 5.69 Å². The van der Waals surface area contributed by atoms with Crippen molar-refractivity contribution in [1.82, 2.24) is 24.8 Å². The molecule has 2 aromatic carbocycles. The van der Waals surface area contributed by atoms with E-state index in [1.165, 1.54) is 4.90 Å². The first-order valence-electron chi connectivity index (χ1n) is 11.5. The van der Waals surface area contributed by atoms with Crippen molar-refractivity contribution in [2.24, 2.45) is 0 Å². The lowest BCUT2D eigenvalue weighted by atomic mass is 10.0. The topological polar surface area (TPSA) is 137 Å². The zero-order valence-corrected chi connectivity index (χ0v) is 20.2. The fourth-order valence-electron chi connectivity index (χ4n) is 4.40. The number of halogens is 3. The highest BCUT2D eigenvalue weighted by Gasteiger charge is 2.49. The van der Waals surface area contributed by atoms with Crippen LogP contribution in [0, 0.1) is 13.8 Å². The van der Waals surface area contributed by atoms with Crippen LogP contribution in [-0.2, 0) is 22.3 Å². The number of fused-ring (bicyclic) bond motifs is 3. The first-order chi connectivity index (χ1) is 18.1. The van der Waals surface area contributed by atoms with Gasteiger partial charge in [-0.2, -0.15) is 8.78 Å². The number of rotatable bonds is 7. The lowest BCUT2D eigenvalue weighted by Crippen LogP contribution is -2.48. The maximum Gasteiger partial charge on any atom is 0.440 e. The predicted molar refractivity (Wildman–Crippen MR) is 133 cm³/mol. The maximum absolute atomic E-state index is 15.0. The summed E-state index contributed by atoms with van der Waals surface area (Å²) in [7, 11) is 0. The van der Waals surface area contributed by atoms with Gasteiger partial charge in [-0.3, -0.25) is 9.78 Å². The molecule has 38 heavy (non-hydrogen) atoms. The van der Waals surface area contributed by atoms with E-state index in [0.29, 0.717) is 17.9 Å². The van der Waals surface area contributed by atoms with Crippen LogP contribution in [-0.4, -0.2) is 38.6 Å². The van der Waals surface area contributed by atoms with Crippen LogP contribution >= 0.6 is 0 Å². The second-order valence-corrected chi connectivity index (χ2v) is 8.86. The number of anilines is 4. The van der Waals surface area contributed by atoms with Gasteiger partial charge in [0, 0.05) is 24.2 Å². The molecule has 0 unspecified atom stereocenters. The standard InChI is InChI=1S/C24H22F3N7O4/c1-12-7-17-18(8-13(12)2)33(6-5-28-10-14-3-4-15-16(9-14)30-11-29-15)21-19(31-17)20(35)32-23(37)34(21)24(25,26)22(36)38-27/h3-4,7-9,11,28,31H,5-6,10H2,1-2H3,(H,29,30)(H,32,35,37). The smallest absolute Gasteiger partial charge is 0.346 e. The minimum atomic E-state index is -4.76. The molecule has 2 aromatic heterocycles. The molecule has 0 amide bonds. The molecular formula is C24H22F3N7O4. The highest BCUT2D eigenvalue weighted by atomic mass is 19.3. The number of H-pyrrole nitrogens is 2. The van der Waals surface area contributed by atoms with Gasteiger partial charge < -0.3 is 20.5 Å². The van der Waals surface area contributed by atoms with Crippen molar-refractivity contribution in [1.29, 1.82) is 0 Å². The molecule has 0 spiro atoms. The molecule has 198 valence electrons. The number of imidazole rings is 1. The molecular weight excluding hydrogens is 507 g/mol. The summed E-state index contributed by atoms with van der Waals surface area (Å²) in [5.41, 5.74) is 2.06. The highest BCUT2D eigenvalue weighted by molar-refractivity contribution is 5.91. The van der Waals surface area contributed by atoms with Crippen LogP contribution in [0.5, 0.6) is 0 Å². The normalized spacial score (nSPS) is 12.7. The molecule has 5 rings (SSSR count). The van der Waals surface area contributed by atoms with Crippen LogP contribution in [0.15, 0.2) is 46.2 Å². The molecule has 0 radical (unpaired) electrons. The van der Waals surface area contributed by atoms with Crippen LogP contribution in [0.2, 0.25) is 0 Å². The first-order valence-corrected chi connectivity index (χ1v) is 11.5. The Hall–Kier alpha value is -4.59. The first kappa shape index (κ1) is 25.1. The molecule has 0 saturated heterocycles. The van der Waals surface area contributed by atoms with Crippen LogP contribution < -0.4 is 26.8 Å². The molecule has 0 bridgehead atoms. The Morgan fingerprint density at radius 1 is 1.16 bits per heavy atom. The Morgan fingerprint density at radius 2 is 1.92 bits per heavy atom. The molecule has 0 fully saturated rings. The third kappa shape index (κ3) is 4.18. The molecule has 14 heteroatoms. The Balaban J connectivity index is 1.54. The van der Waals surface area contributed by atoms with Gasteiger partial charge in [-0.15, -0.1) is 0 Å². The van der Waals surface area contributed by atoms with Crippen LogP contribution in [0.3, 0.4) is 0 Å². The Labute approximate surface area is 212 Å². The molecule has 11 nitrogen and oxygen atoms in total. The van der Waals surface area contributed by atoms with Gasteiger partial charge in [-0.05, 0) is 54.8 Å². The number of hydrogen-bond donors (Lipinski definition) is 4. The third-order valence-electron chi connectivity index (χ3n) is 6.43. The average Bonchev–Trinajstić information content (AvgIpc) is 3.35. The Morgan fingerprint density at radius 3 is 2.68 bits per heavy atom. The number of nitrogens with zero attached hydrogens (tertiary/aromatic N) is 3. The van der Waals surface area contributed by atoms with Gasteiger partial charge in [0.25, 0.3) is 5.56 Å². The number of aromatic nitrogens is 4. The maximum atomic E-state index is 15.0. The summed E-state index contributed by atoms with van der Waals surface area (Å²) in [6.07, 6.45) is 1.58. The number of carbonyl (C=O) groups excluding carboxylic acids is 1. The van der Waals surface area contributed by atoms with Crippen molar-refractivity contribution in [2.45, 2.75) is 26.4 Å². The van der Waals surface area contributed by atoms with Gasteiger partial charge in [0.15, 0.2) is 5.82 Å². The van der Waals surface area contributed by atoms with E-state index in [1.807, 2.05) is 32.0 Å². The van der Waals surface area contributed by atoms with Gasteiger partial charge in [-0.1, -0.05) is 6.07 Å². The van der Waals surface area contributed by atoms with Crippen molar-refractivity contribution in [2.75, 3.05) is 23.3 Å². The number of aromatic amines is 2. The van der Waals surface area contributed by atoms with E-state index < -0.39 is 34.8 Å². The number of alkyl halides is 2. The molecule has 0 saturated carbocycles. The summed E-state index contributed by atoms with van der Waals surface area (Å²) in [5, 5.41) is 5.98. The monoisotopic (exact) mass is 529 g/mol. The van der Waals surface area contributed by atoms with Gasteiger partial charge in [0.05, 0.1) is 28.7 Å². The molecule has 4 N–H and O–H groups in total. The largest absolute Gasteiger partial charge is 0.440 e. The van der Waals surface area contributed by atoms with E-state index >= 15 is 0 Å². The summed E-state index contributed by atoms with van der Waals surface area (Å²) in [4.78, 5) is 50.0. The zero-order chi connectivity index (χ0) is 27.2. The SMILES string of the molecule is Cc1cc2c(cc1C)N(CCNCc1ccc3[nH]cnc3c1)c1c(c(=O)[nH]c(=O)n1C(F)(F)C(=O)OF)N2. The van der Waals surface area contributed by atoms with Gasteiger partial charge in [0.2, 0.25) is 0 Å². The van der Waals surface area contributed by atoms with Crippen molar-refractivity contribution in [3.05, 3.63) is 74.2 Å². The van der Waals surface area contributed by atoms with Gasteiger partial charge >= 0.3 is 17.7 Å². The van der Waals surface area contributed by atoms with E-state index in [-0.39, 0.29) is 17.7 Å². The summed E-state index contributed by atoms with van der Waals surface area (Å²) < 4.78 is 42.3. The van der Waals surface area contributed by atoms with E-state index in [1.54, 1.807) is 23.4 Å². The second kappa shape index (κ2) is 9.37. The van der Waals surface area contributed by atoms with Crippen LogP contribution in [0.25, 0.3) is 11.0 Å². The van der Waals surface area contributed by atoms with E-state index in [9.17, 15) is 27.7 Å². The zero-order valence-electron chi connectivity index (χ0n) is 20.2. The highest BCUT2D eigenvalue weighted by Crippen LogP contribution is 2.44. The minimum absolute atomic E-state index is 0.00151. The molecule has 4 aromatic rings. The van der Waals surface area contributed by atoms with E-state index in [2.05, 4.69) is 25.5 Å². The molecule has 1 aliphatic heterocycles. The van der Waals surface area contributed by atoms with Crippen molar-refractivity contribution < 1.29 is 23.0 Å². The molecule has 3 heterocycles. The minimum Gasteiger partial charge on any atom is -0.346 e. The van der Waals surface area contributed by atoms with E-state index in [4.69, 9.17) is 0 Å². The second-order valence-electron chi connectivity index (χ2n) is 8.86. The average molecular weight is 529 g/mol. The van der Waals surface area contributed by atoms with Crippen molar-refractivity contribution in [3.63, 3.8) is 0 Å². The van der Waals surface area contributed by atoms with Crippen molar-refractivity contribution >= 4 is 39.9 Å². The number of nitrogens with one attached hydrogen (secondary N) is 4. The lowest BCUT2D eigenvalue weighted by Gasteiger charge is -2.36. The lowest BCUT2D eigenvalue weighted by molar-refractivity contribution is -0.226. The molecule has 0 atom stereocenters. The summed E-state index contributed by atoms with van der Waals surface area (Å²) in [6.45, 7) is 4.27. The van der Waals surface area contributed by atoms with Crippen molar-refractivity contribution in [3.8, 4) is 0 Å². The fraction of sp³-hybridized carbons (Fsp3) is 0.250. The molecule has 1 aliphatic rings. The van der Waals surface area contributed by atoms with Gasteiger partial charge in [-0.25, -0.2) is 24.1 Å². The van der Waals surface area contributed by atoms with Crippen LogP contribution in [0.1, 0.15) is 16.7 Å². The number of benzene rings is 2. The summed E-state index contributed by atoms with van der Waals surface area (Å²) >= 11 is 0. The predicted octanol–water partition coefficient (Wildman–Crippen LogP) is 2.99. The summed E-state index contributed by atoms with van der Waals surface area (Å²) in [6, 6.07) is 4.34. The number of aryl methyl sites for hydroxylation is 2. The number of carbonyl (C=O) groups is 1. The quantitative estimate of drug-likeness (QED) is 0.268. The van der Waals surface area contributed by atoms with Crippen LogP contribution in [0.4, 0.5) is 36.2 Å². The fourth-order valence-corrected chi connectivity index (χ4v) is 4.40. The summed E-state index contributed by atoms with van der Waals surface area (Å²) in [5.74, 6) is -3.21. The third-order valence-corrected chi connectivity index (χ3v) is 6.43. The van der Waals surface area contributed by atoms with E-state index in [0.717, 1.165) is 27.7 Å². The molecule has 0 aliphatic carbocycles. The Kier molecular flexibility index (Phi) is 6.18.